The summed E-state index contributed by atoms with van der Waals surface area (Å²) < 4.78 is 0. The summed E-state index contributed by atoms with van der Waals surface area (Å²) in [6.07, 6.45) is 2.64. The molecule has 0 aliphatic heterocycles. The summed E-state index contributed by atoms with van der Waals surface area (Å²) in [6.45, 7) is 4.36. The van der Waals surface area contributed by atoms with Crippen molar-refractivity contribution in [2.45, 2.75) is 26.7 Å². The summed E-state index contributed by atoms with van der Waals surface area (Å²) in [5.74, 6) is 0.790. The number of benzene rings is 4. The monoisotopic (exact) mass is 378 g/mol. The van der Waals surface area contributed by atoms with Crippen molar-refractivity contribution in [3.63, 3.8) is 0 Å². The highest BCUT2D eigenvalue weighted by Gasteiger charge is 2.02. The first kappa shape index (κ1) is 20.9. The summed E-state index contributed by atoms with van der Waals surface area (Å²) in [4.78, 5) is 0. The third-order valence-corrected chi connectivity index (χ3v) is 4.26. The first-order valence-electron chi connectivity index (χ1n) is 9.28. The molecule has 0 radical (unpaired) electrons. The molecule has 0 saturated heterocycles. The van der Waals surface area contributed by atoms with Gasteiger partial charge in [0.25, 0.3) is 0 Å². The van der Waals surface area contributed by atoms with E-state index in [1.54, 1.807) is 24.3 Å². The van der Waals surface area contributed by atoms with Crippen molar-refractivity contribution in [1.82, 2.24) is 0 Å². The van der Waals surface area contributed by atoms with E-state index in [4.69, 9.17) is 0 Å². The molecule has 0 aliphatic rings. The predicted octanol–water partition coefficient (Wildman–Crippen LogP) is 6.31. The summed E-state index contributed by atoms with van der Waals surface area (Å²) >= 11 is 0. The second kappa shape index (κ2) is 10.1. The van der Waals surface area contributed by atoms with Crippen molar-refractivity contribution in [1.29, 1.82) is 0 Å². The highest BCUT2D eigenvalue weighted by Crippen LogP contribution is 2.31. The second-order valence-corrected chi connectivity index (χ2v) is 6.30. The zero-order valence-electron chi connectivity index (χ0n) is 16.1. The minimum absolute atomic E-state index is 0.198. The number of rotatable bonds is 1. The quantitative estimate of drug-likeness (QED) is 0.293. The highest BCUT2D eigenvalue weighted by molar-refractivity contribution is 5.93. The Bertz CT molecular complexity index is 875. The average Bonchev–Trinajstić information content (AvgIpc) is 2.74. The molecule has 4 heteroatoms. The lowest BCUT2D eigenvalue weighted by Gasteiger charge is -2.01. The number of phenolic OH excluding ortho intramolecular Hbond substituents is 4. The lowest BCUT2D eigenvalue weighted by Crippen LogP contribution is -1.73. The smallest absolute Gasteiger partial charge is 0.123 e. The molecule has 0 saturated carbocycles. The van der Waals surface area contributed by atoms with Gasteiger partial charge in [0.2, 0.25) is 0 Å². The van der Waals surface area contributed by atoms with Gasteiger partial charge in [0.15, 0.2) is 0 Å². The second-order valence-electron chi connectivity index (χ2n) is 6.30. The minimum Gasteiger partial charge on any atom is -0.507 e. The molecule has 4 rings (SSSR count). The standard InChI is InChI=1S/2C10H8O2.C4H10/c2*11-9-5-6-10(12)8-4-2-1-3-7(8)9;1-3-4-2/h2*1-6,11-12H;3-4H2,1-2H3. The fourth-order valence-corrected chi connectivity index (χ4v) is 2.53. The molecule has 0 atom stereocenters. The molecule has 0 aliphatic carbocycles. The summed E-state index contributed by atoms with van der Waals surface area (Å²) in [6, 6.07) is 20.3. The normalized spacial score (nSPS) is 9.93. The van der Waals surface area contributed by atoms with Crippen LogP contribution < -0.4 is 0 Å². The Morgan fingerprint density at radius 3 is 0.821 bits per heavy atom. The van der Waals surface area contributed by atoms with Crippen LogP contribution in [0.1, 0.15) is 26.7 Å². The maximum absolute atomic E-state index is 9.38. The molecule has 4 N–H and O–H groups in total. The van der Waals surface area contributed by atoms with E-state index in [2.05, 4.69) is 13.8 Å². The van der Waals surface area contributed by atoms with Crippen LogP contribution in [0.5, 0.6) is 23.0 Å². The first-order chi connectivity index (χ1) is 13.5. The molecule has 4 aromatic carbocycles. The van der Waals surface area contributed by atoms with Gasteiger partial charge in [-0.25, -0.2) is 0 Å². The van der Waals surface area contributed by atoms with Gasteiger partial charge in [-0.05, 0) is 24.3 Å². The fourth-order valence-electron chi connectivity index (χ4n) is 2.53. The number of hydrogen-bond donors (Lipinski definition) is 4. The molecule has 28 heavy (non-hydrogen) atoms. The van der Waals surface area contributed by atoms with Crippen LogP contribution in [0.3, 0.4) is 0 Å². The van der Waals surface area contributed by atoms with Crippen molar-refractivity contribution in [2.24, 2.45) is 0 Å². The summed E-state index contributed by atoms with van der Waals surface area (Å²) in [5.41, 5.74) is 0. The molecule has 0 amide bonds. The zero-order chi connectivity index (χ0) is 20.5. The van der Waals surface area contributed by atoms with Crippen molar-refractivity contribution in [3.05, 3.63) is 72.8 Å². The molecule has 146 valence electrons. The van der Waals surface area contributed by atoms with Crippen LogP contribution in [0.25, 0.3) is 21.5 Å². The fraction of sp³-hybridized carbons (Fsp3) is 0.167. The van der Waals surface area contributed by atoms with E-state index in [9.17, 15) is 20.4 Å². The van der Waals surface area contributed by atoms with Crippen LogP contribution in [0.2, 0.25) is 0 Å². The van der Waals surface area contributed by atoms with Gasteiger partial charge in [-0.1, -0.05) is 75.2 Å². The SMILES string of the molecule is CCCC.Oc1ccc(O)c2ccccc12.Oc1ccc(O)c2ccccc12. The number of hydrogen-bond acceptors (Lipinski definition) is 4. The lowest BCUT2D eigenvalue weighted by atomic mass is 10.1. The number of unbranched alkanes of at least 4 members (excludes halogenated alkanes) is 1. The molecule has 0 heterocycles. The highest BCUT2D eigenvalue weighted by atomic mass is 16.3. The average molecular weight is 378 g/mol. The number of aromatic hydroxyl groups is 4. The van der Waals surface area contributed by atoms with Crippen molar-refractivity contribution in [2.75, 3.05) is 0 Å². The molecular formula is C24H26O4. The van der Waals surface area contributed by atoms with Crippen molar-refractivity contribution >= 4 is 21.5 Å². The van der Waals surface area contributed by atoms with Crippen LogP contribution in [0, 0.1) is 0 Å². The molecule has 0 aromatic heterocycles. The summed E-state index contributed by atoms with van der Waals surface area (Å²) in [7, 11) is 0. The van der Waals surface area contributed by atoms with Crippen LogP contribution >= 0.6 is 0 Å². The van der Waals surface area contributed by atoms with E-state index in [0.29, 0.717) is 21.5 Å². The molecule has 4 nitrogen and oxygen atoms in total. The van der Waals surface area contributed by atoms with E-state index in [1.165, 1.54) is 37.1 Å². The van der Waals surface area contributed by atoms with E-state index < -0.39 is 0 Å². The molecule has 0 unspecified atom stereocenters. The van der Waals surface area contributed by atoms with E-state index in [1.807, 2.05) is 24.3 Å². The molecule has 4 aromatic rings. The Kier molecular flexibility index (Phi) is 7.52. The van der Waals surface area contributed by atoms with Gasteiger partial charge >= 0.3 is 0 Å². The zero-order valence-corrected chi connectivity index (χ0v) is 16.1. The topological polar surface area (TPSA) is 80.9 Å². The van der Waals surface area contributed by atoms with Gasteiger partial charge in [-0.2, -0.15) is 0 Å². The van der Waals surface area contributed by atoms with Crippen molar-refractivity contribution < 1.29 is 20.4 Å². The number of fused-ring (bicyclic) bond motifs is 2. The van der Waals surface area contributed by atoms with Gasteiger partial charge in [0, 0.05) is 21.5 Å². The lowest BCUT2D eigenvalue weighted by molar-refractivity contribution is 0.469. The number of phenols is 4. The van der Waals surface area contributed by atoms with Gasteiger partial charge in [0.1, 0.15) is 23.0 Å². The third-order valence-electron chi connectivity index (χ3n) is 4.26. The van der Waals surface area contributed by atoms with Crippen molar-refractivity contribution in [3.8, 4) is 23.0 Å². The van der Waals surface area contributed by atoms with Crippen LogP contribution in [0.4, 0.5) is 0 Å². The Hall–Kier alpha value is -3.40. The predicted molar refractivity (Wildman–Crippen MR) is 115 cm³/mol. The molecular weight excluding hydrogens is 352 g/mol. The molecule has 0 bridgehead atoms. The van der Waals surface area contributed by atoms with E-state index in [0.717, 1.165) is 0 Å². The Morgan fingerprint density at radius 2 is 0.643 bits per heavy atom. The Morgan fingerprint density at radius 1 is 0.429 bits per heavy atom. The maximum atomic E-state index is 9.38. The van der Waals surface area contributed by atoms with Gasteiger partial charge < -0.3 is 20.4 Å². The molecule has 0 spiro atoms. The third kappa shape index (κ3) is 5.07. The largest absolute Gasteiger partial charge is 0.507 e. The Labute approximate surface area is 165 Å². The van der Waals surface area contributed by atoms with Gasteiger partial charge in [0.05, 0.1) is 0 Å². The van der Waals surface area contributed by atoms with E-state index in [-0.39, 0.29) is 23.0 Å². The van der Waals surface area contributed by atoms with Crippen LogP contribution in [0.15, 0.2) is 72.8 Å². The first-order valence-corrected chi connectivity index (χ1v) is 9.28. The summed E-state index contributed by atoms with van der Waals surface area (Å²) in [5, 5.41) is 40.3. The van der Waals surface area contributed by atoms with Gasteiger partial charge in [-0.15, -0.1) is 0 Å². The molecule has 0 fully saturated rings. The van der Waals surface area contributed by atoms with E-state index >= 15 is 0 Å². The van der Waals surface area contributed by atoms with Gasteiger partial charge in [-0.3, -0.25) is 0 Å². The maximum Gasteiger partial charge on any atom is 0.123 e. The van der Waals surface area contributed by atoms with Crippen LogP contribution in [-0.2, 0) is 0 Å². The Balaban J connectivity index is 0.000000169. The van der Waals surface area contributed by atoms with Crippen LogP contribution in [-0.4, -0.2) is 20.4 Å². The minimum atomic E-state index is 0.198.